The van der Waals surface area contributed by atoms with E-state index in [9.17, 15) is 0 Å². The Morgan fingerprint density at radius 2 is 0.443 bits per heavy atom. The second kappa shape index (κ2) is 17.1. The third kappa shape index (κ3) is 7.58. The zero-order valence-corrected chi connectivity index (χ0v) is 33.8. The first kappa shape index (κ1) is 37.3. The molecule has 0 unspecified atom stereocenters. The summed E-state index contributed by atoms with van der Waals surface area (Å²) < 4.78 is 0. The van der Waals surface area contributed by atoms with Crippen LogP contribution >= 0.6 is 0 Å². The van der Waals surface area contributed by atoms with Gasteiger partial charge in [0.15, 0.2) is 0 Å². The summed E-state index contributed by atoms with van der Waals surface area (Å²) in [5.74, 6) is 0. The Morgan fingerprint density at radius 3 is 0.902 bits per heavy atom. The van der Waals surface area contributed by atoms with Crippen LogP contribution in [0.25, 0.3) is 77.9 Å². The van der Waals surface area contributed by atoms with Crippen LogP contribution < -0.4 is 4.90 Å². The van der Waals surface area contributed by atoms with Gasteiger partial charge in [-0.15, -0.1) is 0 Å². The van der Waals surface area contributed by atoms with Crippen LogP contribution in [0.4, 0.5) is 17.1 Å². The molecule has 0 heterocycles. The highest BCUT2D eigenvalue weighted by atomic mass is 15.1. The highest BCUT2D eigenvalue weighted by molar-refractivity contribution is 6.04. The van der Waals surface area contributed by atoms with Gasteiger partial charge >= 0.3 is 0 Å². The van der Waals surface area contributed by atoms with Crippen LogP contribution in [0.2, 0.25) is 0 Å². The maximum atomic E-state index is 2.50. The topological polar surface area (TPSA) is 3.24 Å². The molecule has 1 nitrogen and oxygen atoms in total. The molecule has 0 saturated carbocycles. The molecule has 61 heavy (non-hydrogen) atoms. The van der Waals surface area contributed by atoms with E-state index in [4.69, 9.17) is 0 Å². The highest BCUT2D eigenvalue weighted by Crippen LogP contribution is 2.51. The third-order valence-electron chi connectivity index (χ3n) is 11.5. The molecule has 288 valence electrons. The summed E-state index contributed by atoms with van der Waals surface area (Å²) in [4.78, 5) is 2.50. The smallest absolute Gasteiger partial charge is 0.0547 e. The normalized spacial score (nSPS) is 11.0. The molecular formula is C60H43N. The summed E-state index contributed by atoms with van der Waals surface area (Å²) in [5, 5.41) is 0. The Bertz CT molecular complexity index is 2900. The number of anilines is 3. The minimum Gasteiger partial charge on any atom is -0.309 e. The third-order valence-corrected chi connectivity index (χ3v) is 11.5. The van der Waals surface area contributed by atoms with Gasteiger partial charge in [-0.3, -0.25) is 0 Å². The summed E-state index contributed by atoms with van der Waals surface area (Å²) in [6, 6.07) is 94.2. The van der Waals surface area contributed by atoms with Gasteiger partial charge in [-0.2, -0.15) is 0 Å². The van der Waals surface area contributed by atoms with Gasteiger partial charge < -0.3 is 4.90 Å². The van der Waals surface area contributed by atoms with Crippen molar-refractivity contribution in [1.29, 1.82) is 0 Å². The molecule has 0 amide bonds. The van der Waals surface area contributed by atoms with Crippen LogP contribution in [0, 0.1) is 0 Å². The lowest BCUT2D eigenvalue weighted by Crippen LogP contribution is -2.14. The van der Waals surface area contributed by atoms with Crippen molar-refractivity contribution in [2.24, 2.45) is 0 Å². The molecule has 0 spiro atoms. The lowest BCUT2D eigenvalue weighted by molar-refractivity contribution is 1.28. The number of para-hydroxylation sites is 2. The van der Waals surface area contributed by atoms with Crippen LogP contribution in [0.5, 0.6) is 0 Å². The van der Waals surface area contributed by atoms with E-state index in [1.54, 1.807) is 0 Å². The van der Waals surface area contributed by atoms with Crippen LogP contribution in [0.1, 0.15) is 0 Å². The number of nitrogens with zero attached hydrogens (tertiary/aromatic N) is 1. The van der Waals surface area contributed by atoms with Crippen LogP contribution in [-0.2, 0) is 0 Å². The molecule has 0 bridgehead atoms. The first-order valence-corrected chi connectivity index (χ1v) is 20.9. The first-order valence-electron chi connectivity index (χ1n) is 20.9. The van der Waals surface area contributed by atoms with Crippen LogP contribution in [0.3, 0.4) is 0 Å². The molecule has 10 aromatic rings. The van der Waals surface area contributed by atoms with Crippen molar-refractivity contribution in [2.75, 3.05) is 4.90 Å². The largest absolute Gasteiger partial charge is 0.309 e. The van der Waals surface area contributed by atoms with Gasteiger partial charge in [0.2, 0.25) is 0 Å². The lowest BCUT2D eigenvalue weighted by atomic mass is 9.87. The molecule has 0 aliphatic rings. The molecular weight excluding hydrogens is 735 g/mol. The van der Waals surface area contributed by atoms with E-state index in [0.717, 1.165) is 50.4 Å². The minimum absolute atomic E-state index is 1.09. The molecule has 10 rings (SSSR count). The number of benzene rings is 10. The molecule has 10 aromatic carbocycles. The lowest BCUT2D eigenvalue weighted by Gasteiger charge is -2.33. The Hall–Kier alpha value is -8.00. The van der Waals surface area contributed by atoms with Crippen LogP contribution in [-0.4, -0.2) is 0 Å². The fraction of sp³-hybridized carbons (Fsp3) is 0. The van der Waals surface area contributed by atoms with Crippen molar-refractivity contribution in [2.45, 2.75) is 0 Å². The van der Waals surface area contributed by atoms with E-state index in [0.29, 0.717) is 0 Å². The molecule has 0 N–H and O–H groups in total. The highest BCUT2D eigenvalue weighted by Gasteiger charge is 2.26. The van der Waals surface area contributed by atoms with Crippen molar-refractivity contribution in [3.63, 3.8) is 0 Å². The summed E-state index contributed by atoms with van der Waals surface area (Å²) >= 11 is 0. The quantitative estimate of drug-likeness (QED) is 0.134. The maximum absolute atomic E-state index is 2.50. The Kier molecular flexibility index (Phi) is 10.4. The summed E-state index contributed by atoms with van der Waals surface area (Å²) in [5.41, 5.74) is 19.7. The predicted octanol–water partition coefficient (Wildman–Crippen LogP) is 16.8. The molecule has 0 saturated heterocycles. The predicted molar refractivity (Wildman–Crippen MR) is 259 cm³/mol. The Morgan fingerprint density at radius 1 is 0.164 bits per heavy atom. The van der Waals surface area contributed by atoms with Gasteiger partial charge in [-0.25, -0.2) is 0 Å². The second-order valence-electron chi connectivity index (χ2n) is 15.2. The molecule has 0 radical (unpaired) electrons. The van der Waals surface area contributed by atoms with E-state index >= 15 is 0 Å². The first-order chi connectivity index (χ1) is 30.3. The average molecular weight is 778 g/mol. The molecule has 1 heteroatoms. The van der Waals surface area contributed by atoms with E-state index in [1.807, 2.05) is 0 Å². The van der Waals surface area contributed by atoms with Gasteiger partial charge in [0.05, 0.1) is 17.1 Å². The summed E-state index contributed by atoms with van der Waals surface area (Å²) in [6.45, 7) is 0. The zero-order valence-electron chi connectivity index (χ0n) is 33.8. The van der Waals surface area contributed by atoms with Gasteiger partial charge in [-0.05, 0) is 79.4 Å². The fourth-order valence-electron chi connectivity index (χ4n) is 8.60. The van der Waals surface area contributed by atoms with Crippen molar-refractivity contribution < 1.29 is 0 Å². The van der Waals surface area contributed by atoms with Gasteiger partial charge in [0.25, 0.3) is 0 Å². The minimum atomic E-state index is 1.09. The van der Waals surface area contributed by atoms with Crippen molar-refractivity contribution in [3.05, 3.63) is 261 Å². The Labute approximate surface area is 359 Å². The number of hydrogen-bond donors (Lipinski definition) is 0. The molecule has 0 fully saturated rings. The Balaban J connectivity index is 1.24. The number of hydrogen-bond acceptors (Lipinski definition) is 1. The van der Waals surface area contributed by atoms with Crippen molar-refractivity contribution >= 4 is 17.1 Å². The van der Waals surface area contributed by atoms with Crippen LogP contribution in [0.15, 0.2) is 261 Å². The van der Waals surface area contributed by atoms with Gasteiger partial charge in [0.1, 0.15) is 0 Å². The van der Waals surface area contributed by atoms with Gasteiger partial charge in [-0.1, -0.05) is 243 Å². The maximum Gasteiger partial charge on any atom is 0.0547 e. The van der Waals surface area contributed by atoms with E-state index in [-0.39, 0.29) is 0 Å². The second-order valence-corrected chi connectivity index (χ2v) is 15.2. The fourth-order valence-corrected chi connectivity index (χ4v) is 8.60. The average Bonchev–Trinajstić information content (AvgIpc) is 3.35. The van der Waals surface area contributed by atoms with Gasteiger partial charge in [0, 0.05) is 16.7 Å². The number of rotatable bonds is 10. The molecule has 0 atom stereocenters. The summed E-state index contributed by atoms with van der Waals surface area (Å²) in [6.07, 6.45) is 0. The van der Waals surface area contributed by atoms with Crippen molar-refractivity contribution in [3.8, 4) is 77.9 Å². The van der Waals surface area contributed by atoms with E-state index in [2.05, 4.69) is 266 Å². The zero-order chi connectivity index (χ0) is 40.8. The summed E-state index contributed by atoms with van der Waals surface area (Å²) in [7, 11) is 0. The molecule has 0 aliphatic carbocycles. The van der Waals surface area contributed by atoms with E-state index < -0.39 is 0 Å². The monoisotopic (exact) mass is 777 g/mol. The molecule has 0 aliphatic heterocycles. The standard InChI is InChI=1S/C60H43N/c1-5-20-44(21-6-1)46-36-40-50(41-37-46)53-29-15-17-33-57(53)61(58-34-18-16-30-54(58)51-42-38-47(39-43-51)45-22-7-2-8-23-45)59-35-19-32-55(49-26-11-4-12-27-49)60(59)56-31-14-13-28-52(56)48-24-9-3-10-25-48/h1-43H. The van der Waals surface area contributed by atoms with E-state index in [1.165, 1.54) is 44.5 Å². The SMILES string of the molecule is c1ccc(-c2ccc(-c3ccccc3N(c3ccccc3-c3ccc(-c4ccccc4)cc3)c3cccc(-c4ccccc4)c3-c3ccccc3-c3ccccc3)cc2)cc1. The van der Waals surface area contributed by atoms with Crippen molar-refractivity contribution in [1.82, 2.24) is 0 Å². The molecule has 0 aromatic heterocycles.